The smallest absolute Gasteiger partial charge is 0.236 e. The number of likely N-dealkylation sites (tertiary alicyclic amines) is 1. The lowest BCUT2D eigenvalue weighted by Crippen LogP contribution is -2.46. The van der Waals surface area contributed by atoms with Crippen LogP contribution in [0.25, 0.3) is 0 Å². The molecule has 2 aliphatic rings. The fourth-order valence-electron chi connectivity index (χ4n) is 3.54. The Balaban J connectivity index is 1.51. The Morgan fingerprint density at radius 2 is 2.27 bits per heavy atom. The first kappa shape index (κ1) is 15.4. The maximum absolute atomic E-state index is 11.9. The van der Waals surface area contributed by atoms with Crippen molar-refractivity contribution in [2.75, 3.05) is 33.3 Å². The lowest BCUT2D eigenvalue weighted by molar-refractivity contribution is -0.132. The second-order valence-electron chi connectivity index (χ2n) is 6.45. The normalized spacial score (nSPS) is 23.9. The molecule has 0 aliphatic carbocycles. The highest BCUT2D eigenvalue weighted by Crippen LogP contribution is 2.42. The molecule has 3 rings (SSSR count). The molecule has 1 amide bonds. The van der Waals surface area contributed by atoms with Crippen LogP contribution in [0, 0.1) is 5.41 Å². The van der Waals surface area contributed by atoms with Crippen LogP contribution in [0.1, 0.15) is 25.0 Å². The molecule has 1 unspecified atom stereocenters. The van der Waals surface area contributed by atoms with E-state index in [2.05, 4.69) is 15.3 Å². The summed E-state index contributed by atoms with van der Waals surface area (Å²) in [6.07, 6.45) is 9.45. The molecule has 120 valence electrons. The fourth-order valence-corrected chi connectivity index (χ4v) is 3.54. The molecule has 1 spiro atoms. The van der Waals surface area contributed by atoms with Gasteiger partial charge in [-0.05, 0) is 31.7 Å². The van der Waals surface area contributed by atoms with Crippen molar-refractivity contribution in [3.05, 3.63) is 24.3 Å². The van der Waals surface area contributed by atoms with Crippen molar-refractivity contribution < 1.29 is 9.53 Å². The van der Waals surface area contributed by atoms with Gasteiger partial charge < -0.3 is 15.0 Å². The summed E-state index contributed by atoms with van der Waals surface area (Å²) >= 11 is 0. The topological polar surface area (TPSA) is 67.4 Å². The molecule has 1 atom stereocenters. The lowest BCUT2D eigenvalue weighted by atomic mass is 9.76. The van der Waals surface area contributed by atoms with Crippen LogP contribution in [0.2, 0.25) is 0 Å². The van der Waals surface area contributed by atoms with Crippen molar-refractivity contribution >= 4 is 5.91 Å². The van der Waals surface area contributed by atoms with Gasteiger partial charge in [0.05, 0.1) is 24.9 Å². The van der Waals surface area contributed by atoms with E-state index in [0.29, 0.717) is 6.54 Å². The molecule has 6 heteroatoms. The third kappa shape index (κ3) is 3.44. The van der Waals surface area contributed by atoms with Gasteiger partial charge in [0.25, 0.3) is 0 Å². The van der Waals surface area contributed by atoms with Crippen molar-refractivity contribution in [2.24, 2.45) is 5.41 Å². The van der Waals surface area contributed by atoms with Crippen LogP contribution >= 0.6 is 0 Å². The van der Waals surface area contributed by atoms with E-state index in [9.17, 15) is 4.79 Å². The first-order chi connectivity index (χ1) is 10.7. The van der Waals surface area contributed by atoms with Crippen molar-refractivity contribution in [3.8, 4) is 0 Å². The zero-order valence-corrected chi connectivity index (χ0v) is 13.1. The van der Waals surface area contributed by atoms with E-state index in [-0.39, 0.29) is 17.4 Å². The fraction of sp³-hybridized carbons (Fsp3) is 0.688. The zero-order valence-electron chi connectivity index (χ0n) is 13.1. The van der Waals surface area contributed by atoms with Crippen LogP contribution in [0.3, 0.4) is 0 Å². The van der Waals surface area contributed by atoms with E-state index in [1.165, 1.54) is 0 Å². The summed E-state index contributed by atoms with van der Waals surface area (Å²) in [4.78, 5) is 22.3. The molecule has 6 nitrogen and oxygen atoms in total. The SMILES string of the molecule is CNCC(=O)N1CCC2(CC1)COC(Cc1cnccn1)C2. The highest BCUT2D eigenvalue weighted by atomic mass is 16.5. The van der Waals surface area contributed by atoms with Gasteiger partial charge in [-0.3, -0.25) is 14.8 Å². The van der Waals surface area contributed by atoms with Crippen molar-refractivity contribution in [3.63, 3.8) is 0 Å². The predicted molar refractivity (Wildman–Crippen MR) is 82.3 cm³/mol. The maximum Gasteiger partial charge on any atom is 0.236 e. The van der Waals surface area contributed by atoms with Crippen LogP contribution in [0.15, 0.2) is 18.6 Å². The van der Waals surface area contributed by atoms with Crippen LogP contribution in [0.4, 0.5) is 0 Å². The third-order valence-electron chi connectivity index (χ3n) is 4.84. The van der Waals surface area contributed by atoms with Gasteiger partial charge in [0, 0.05) is 38.1 Å². The Hall–Kier alpha value is -1.53. The number of carbonyl (C=O) groups excluding carboxylic acids is 1. The summed E-state index contributed by atoms with van der Waals surface area (Å²) in [7, 11) is 1.81. The molecule has 0 aromatic carbocycles. The number of likely N-dealkylation sites (N-methyl/N-ethyl adjacent to an activating group) is 1. The van der Waals surface area contributed by atoms with Crippen LogP contribution in [-0.2, 0) is 16.0 Å². The minimum Gasteiger partial charge on any atom is -0.377 e. The van der Waals surface area contributed by atoms with Crippen molar-refractivity contribution in [1.29, 1.82) is 0 Å². The molecule has 0 radical (unpaired) electrons. The number of nitrogens with zero attached hydrogens (tertiary/aromatic N) is 3. The minimum absolute atomic E-state index is 0.201. The van der Waals surface area contributed by atoms with Gasteiger partial charge >= 0.3 is 0 Å². The van der Waals surface area contributed by atoms with Gasteiger partial charge in [-0.25, -0.2) is 0 Å². The van der Waals surface area contributed by atoms with Gasteiger partial charge in [-0.15, -0.1) is 0 Å². The van der Waals surface area contributed by atoms with Gasteiger partial charge in [0.2, 0.25) is 5.91 Å². The van der Waals surface area contributed by atoms with E-state index < -0.39 is 0 Å². The summed E-state index contributed by atoms with van der Waals surface area (Å²) in [5.41, 5.74) is 1.25. The number of hydrogen-bond donors (Lipinski definition) is 1. The largest absolute Gasteiger partial charge is 0.377 e. The minimum atomic E-state index is 0.201. The lowest BCUT2D eigenvalue weighted by Gasteiger charge is -2.38. The Morgan fingerprint density at radius 3 is 2.95 bits per heavy atom. The van der Waals surface area contributed by atoms with Gasteiger partial charge in [0.1, 0.15) is 0 Å². The van der Waals surface area contributed by atoms with E-state index >= 15 is 0 Å². The van der Waals surface area contributed by atoms with Crippen molar-refractivity contribution in [2.45, 2.75) is 31.8 Å². The third-order valence-corrected chi connectivity index (χ3v) is 4.84. The summed E-state index contributed by atoms with van der Waals surface area (Å²) in [6, 6.07) is 0. The van der Waals surface area contributed by atoms with Gasteiger partial charge in [-0.2, -0.15) is 0 Å². The van der Waals surface area contributed by atoms with Gasteiger partial charge in [-0.1, -0.05) is 0 Å². The van der Waals surface area contributed by atoms with Crippen molar-refractivity contribution in [1.82, 2.24) is 20.2 Å². The standard InChI is InChI=1S/C16H24N4O2/c1-17-11-15(21)20-6-2-16(3-7-20)9-14(22-12-16)8-13-10-18-4-5-19-13/h4-5,10,14,17H,2-3,6-9,11-12H2,1H3. The van der Waals surface area contributed by atoms with Crippen LogP contribution in [0.5, 0.6) is 0 Å². The number of aromatic nitrogens is 2. The average Bonchev–Trinajstić information content (AvgIpc) is 2.92. The molecular formula is C16H24N4O2. The first-order valence-corrected chi connectivity index (χ1v) is 8.00. The molecule has 2 fully saturated rings. The number of nitrogens with one attached hydrogen (secondary N) is 1. The molecule has 0 saturated carbocycles. The summed E-state index contributed by atoms with van der Waals surface area (Å²) in [6.45, 7) is 2.94. The molecule has 1 aromatic heterocycles. The number of piperidine rings is 1. The van der Waals surface area contributed by atoms with E-state index in [4.69, 9.17) is 4.74 Å². The molecular weight excluding hydrogens is 280 g/mol. The first-order valence-electron chi connectivity index (χ1n) is 8.00. The number of ether oxygens (including phenoxy) is 1. The molecule has 22 heavy (non-hydrogen) atoms. The van der Waals surface area contributed by atoms with Crippen LogP contribution in [-0.4, -0.2) is 60.2 Å². The molecule has 3 heterocycles. The van der Waals surface area contributed by atoms with E-state index in [1.807, 2.05) is 18.1 Å². The Kier molecular flexibility index (Phi) is 4.69. The number of rotatable bonds is 4. The molecule has 0 bridgehead atoms. The summed E-state index contributed by atoms with van der Waals surface area (Å²) < 4.78 is 6.01. The molecule has 2 aliphatic heterocycles. The molecule has 1 N–H and O–H groups in total. The highest BCUT2D eigenvalue weighted by Gasteiger charge is 2.42. The monoisotopic (exact) mass is 304 g/mol. The number of hydrogen-bond acceptors (Lipinski definition) is 5. The highest BCUT2D eigenvalue weighted by molar-refractivity contribution is 5.78. The molecule has 1 aromatic rings. The van der Waals surface area contributed by atoms with Crippen LogP contribution < -0.4 is 5.32 Å². The zero-order chi connectivity index (χ0) is 15.4. The van der Waals surface area contributed by atoms with Gasteiger partial charge in [0.15, 0.2) is 0 Å². The number of amides is 1. The Labute approximate surface area is 131 Å². The summed E-state index contributed by atoms with van der Waals surface area (Å²) in [5, 5.41) is 2.93. The maximum atomic E-state index is 11.9. The quantitative estimate of drug-likeness (QED) is 0.884. The second-order valence-corrected chi connectivity index (χ2v) is 6.45. The Morgan fingerprint density at radius 1 is 1.45 bits per heavy atom. The molecule has 2 saturated heterocycles. The van der Waals surface area contributed by atoms with E-state index in [0.717, 1.165) is 51.1 Å². The second kappa shape index (κ2) is 6.71. The predicted octanol–water partition coefficient (Wildman–Crippen LogP) is 0.636. The summed E-state index contributed by atoms with van der Waals surface area (Å²) in [5.74, 6) is 0.201. The Bertz CT molecular complexity index is 500. The average molecular weight is 304 g/mol. The number of carbonyl (C=O) groups is 1. The van der Waals surface area contributed by atoms with E-state index in [1.54, 1.807) is 12.4 Å².